The fraction of sp³-hybridized carbons (Fsp3) is 0.222. The first-order chi connectivity index (χ1) is 18.0. The third-order valence-corrected chi connectivity index (χ3v) is 7.21. The fourth-order valence-corrected chi connectivity index (χ4v) is 5.30. The Labute approximate surface area is 232 Å². The molecule has 0 fully saturated rings. The smallest absolute Gasteiger partial charge is 0.272 e. The Kier molecular flexibility index (Phi) is 6.84. The van der Waals surface area contributed by atoms with Crippen LogP contribution < -0.4 is 15.0 Å². The van der Waals surface area contributed by atoms with Crippen LogP contribution in [0.3, 0.4) is 0 Å². The molecule has 8 nitrogen and oxygen atoms in total. The number of imidazole rings is 1. The summed E-state index contributed by atoms with van der Waals surface area (Å²) in [7, 11) is 1.61. The summed E-state index contributed by atoms with van der Waals surface area (Å²) in [6.07, 6.45) is 1.61. The molecule has 2 amide bonds. The number of ether oxygens (including phenoxy) is 1. The van der Waals surface area contributed by atoms with Crippen LogP contribution in [0.5, 0.6) is 5.75 Å². The minimum Gasteiger partial charge on any atom is -0.489 e. The maximum atomic E-state index is 13.2. The Hall–Kier alpha value is -3.55. The number of anilines is 1. The SMILES string of the molecule is CN1C(=O)[C@@H](NC(=O)c2cn3c(-c4ccc(Cl)cc4Cl)csc3n2)COc2ccc(C#CC(C)(C)O)cc21. The summed E-state index contributed by atoms with van der Waals surface area (Å²) in [5.74, 6) is 5.28. The van der Waals surface area contributed by atoms with Gasteiger partial charge in [0.2, 0.25) is 0 Å². The largest absolute Gasteiger partial charge is 0.489 e. The highest BCUT2D eigenvalue weighted by atomic mass is 35.5. The molecule has 1 aliphatic rings. The fourth-order valence-electron chi connectivity index (χ4n) is 3.92. The van der Waals surface area contributed by atoms with E-state index in [1.165, 1.54) is 16.2 Å². The van der Waals surface area contributed by atoms with Crippen LogP contribution >= 0.6 is 34.5 Å². The molecule has 1 aliphatic heterocycles. The molecule has 194 valence electrons. The Bertz CT molecular complexity index is 1640. The number of hydrogen-bond acceptors (Lipinski definition) is 6. The summed E-state index contributed by atoms with van der Waals surface area (Å²) in [5, 5.41) is 15.5. The summed E-state index contributed by atoms with van der Waals surface area (Å²) in [6, 6.07) is 9.44. The maximum absolute atomic E-state index is 13.2. The number of halogens is 2. The van der Waals surface area contributed by atoms with Gasteiger partial charge in [0.05, 0.1) is 16.4 Å². The van der Waals surface area contributed by atoms with Gasteiger partial charge in [0.25, 0.3) is 11.8 Å². The molecule has 5 rings (SSSR count). The van der Waals surface area contributed by atoms with Gasteiger partial charge in [-0.1, -0.05) is 35.0 Å². The lowest BCUT2D eigenvalue weighted by Gasteiger charge is -2.20. The van der Waals surface area contributed by atoms with E-state index in [9.17, 15) is 14.7 Å². The summed E-state index contributed by atoms with van der Waals surface area (Å²) in [4.78, 5) is 32.8. The second-order valence-electron chi connectivity index (χ2n) is 9.25. The topological polar surface area (TPSA) is 96.2 Å². The van der Waals surface area contributed by atoms with Gasteiger partial charge in [-0.3, -0.25) is 14.0 Å². The predicted molar refractivity (Wildman–Crippen MR) is 148 cm³/mol. The average molecular weight is 569 g/mol. The molecule has 0 radical (unpaired) electrons. The minimum absolute atomic E-state index is 0.0511. The van der Waals surface area contributed by atoms with Crippen molar-refractivity contribution in [2.24, 2.45) is 0 Å². The quantitative estimate of drug-likeness (QED) is 0.351. The van der Waals surface area contributed by atoms with Crippen LogP contribution in [0.1, 0.15) is 29.9 Å². The standard InChI is InChI=1S/C27H22Cl2N4O4S/c1-27(2,36)9-8-15-4-7-23-21(10-15)32(3)25(35)20(13-37-23)30-24(34)19-12-33-22(14-38-26(33)31-19)17-6-5-16(28)11-18(17)29/h4-7,10-12,14,20,36H,13H2,1-3H3,(H,30,34)/t20-/m0/s1. The zero-order chi connectivity index (χ0) is 27.2. The summed E-state index contributed by atoms with van der Waals surface area (Å²) < 4.78 is 7.64. The molecular weight excluding hydrogens is 547 g/mol. The number of thiazole rings is 1. The molecule has 2 aromatic heterocycles. The molecule has 1 atom stereocenters. The molecule has 0 saturated carbocycles. The number of benzene rings is 2. The zero-order valence-corrected chi connectivity index (χ0v) is 22.9. The Morgan fingerprint density at radius 1 is 1.26 bits per heavy atom. The van der Waals surface area contributed by atoms with Gasteiger partial charge in [0, 0.05) is 34.8 Å². The highest BCUT2D eigenvalue weighted by molar-refractivity contribution is 7.15. The van der Waals surface area contributed by atoms with Crippen molar-refractivity contribution in [2.45, 2.75) is 25.5 Å². The molecule has 0 bridgehead atoms. The van der Waals surface area contributed by atoms with Crippen molar-refractivity contribution in [1.82, 2.24) is 14.7 Å². The molecule has 2 aromatic carbocycles. The van der Waals surface area contributed by atoms with Crippen LogP contribution in [0.4, 0.5) is 5.69 Å². The van der Waals surface area contributed by atoms with Crippen molar-refractivity contribution in [3.63, 3.8) is 0 Å². The van der Waals surface area contributed by atoms with Crippen LogP contribution in [-0.4, -0.2) is 51.6 Å². The average Bonchev–Trinajstić information content (AvgIpc) is 3.43. The summed E-state index contributed by atoms with van der Waals surface area (Å²) in [6.45, 7) is 3.13. The molecule has 0 spiro atoms. The Morgan fingerprint density at radius 2 is 2.05 bits per heavy atom. The minimum atomic E-state index is -1.15. The molecule has 11 heteroatoms. The van der Waals surface area contributed by atoms with E-state index >= 15 is 0 Å². The van der Waals surface area contributed by atoms with E-state index in [0.29, 0.717) is 32.0 Å². The van der Waals surface area contributed by atoms with Gasteiger partial charge in [-0.05, 0) is 50.2 Å². The summed E-state index contributed by atoms with van der Waals surface area (Å²) >= 11 is 13.8. The number of likely N-dealkylation sites (N-methyl/N-ethyl adjacent to an activating group) is 1. The number of nitrogens with zero attached hydrogens (tertiary/aromatic N) is 3. The van der Waals surface area contributed by atoms with Gasteiger partial charge in [-0.15, -0.1) is 11.3 Å². The lowest BCUT2D eigenvalue weighted by molar-refractivity contribution is -0.120. The van der Waals surface area contributed by atoms with E-state index in [1.54, 1.807) is 61.8 Å². The number of carbonyl (C=O) groups excluding carboxylic acids is 2. The van der Waals surface area contributed by atoms with Gasteiger partial charge >= 0.3 is 0 Å². The number of fused-ring (bicyclic) bond motifs is 2. The van der Waals surface area contributed by atoms with Gasteiger partial charge in [-0.25, -0.2) is 4.98 Å². The number of carbonyl (C=O) groups is 2. The molecular formula is C27H22Cl2N4O4S. The van der Waals surface area contributed by atoms with Gasteiger partial charge in [-0.2, -0.15) is 0 Å². The molecule has 0 aliphatic carbocycles. The van der Waals surface area contributed by atoms with Crippen molar-refractivity contribution in [3.05, 3.63) is 69.3 Å². The lowest BCUT2D eigenvalue weighted by Crippen LogP contribution is -2.49. The molecule has 38 heavy (non-hydrogen) atoms. The predicted octanol–water partition coefficient (Wildman–Crippen LogP) is 4.65. The number of hydrogen-bond donors (Lipinski definition) is 2. The van der Waals surface area contributed by atoms with Crippen molar-refractivity contribution in [1.29, 1.82) is 0 Å². The van der Waals surface area contributed by atoms with Gasteiger partial charge in [0.15, 0.2) is 4.96 Å². The first-order valence-electron chi connectivity index (χ1n) is 11.5. The highest BCUT2D eigenvalue weighted by Crippen LogP contribution is 2.34. The summed E-state index contributed by atoms with van der Waals surface area (Å²) in [5.41, 5.74) is 1.66. The number of aromatic nitrogens is 2. The molecule has 0 unspecified atom stereocenters. The van der Waals surface area contributed by atoms with E-state index < -0.39 is 17.6 Å². The van der Waals surface area contributed by atoms with E-state index in [4.69, 9.17) is 27.9 Å². The van der Waals surface area contributed by atoms with E-state index in [-0.39, 0.29) is 18.2 Å². The highest BCUT2D eigenvalue weighted by Gasteiger charge is 2.31. The number of nitrogens with one attached hydrogen (secondary N) is 1. The number of amides is 2. The zero-order valence-electron chi connectivity index (χ0n) is 20.6. The molecule has 0 saturated heterocycles. The van der Waals surface area contributed by atoms with E-state index in [0.717, 1.165) is 11.3 Å². The molecule has 3 heterocycles. The number of aliphatic hydroxyl groups is 1. The van der Waals surface area contributed by atoms with Crippen LogP contribution in [-0.2, 0) is 4.79 Å². The van der Waals surface area contributed by atoms with Crippen molar-refractivity contribution >= 4 is 57.0 Å². The Balaban J connectivity index is 1.36. The van der Waals surface area contributed by atoms with Crippen LogP contribution in [0.25, 0.3) is 16.2 Å². The van der Waals surface area contributed by atoms with Crippen molar-refractivity contribution in [2.75, 3.05) is 18.6 Å². The first kappa shape index (κ1) is 26.1. The van der Waals surface area contributed by atoms with E-state index in [2.05, 4.69) is 22.1 Å². The second-order valence-corrected chi connectivity index (χ2v) is 10.9. The lowest BCUT2D eigenvalue weighted by atomic mass is 10.1. The van der Waals surface area contributed by atoms with Crippen molar-refractivity contribution < 1.29 is 19.4 Å². The molecule has 4 aromatic rings. The second kappa shape index (κ2) is 9.97. The maximum Gasteiger partial charge on any atom is 0.272 e. The van der Waals surface area contributed by atoms with Crippen molar-refractivity contribution in [3.8, 4) is 28.8 Å². The van der Waals surface area contributed by atoms with Gasteiger partial charge < -0.3 is 20.1 Å². The third kappa shape index (κ3) is 5.22. The normalized spacial score (nSPS) is 15.4. The third-order valence-electron chi connectivity index (χ3n) is 5.82. The number of rotatable bonds is 3. The molecule has 2 N–H and O–H groups in total. The Morgan fingerprint density at radius 3 is 2.79 bits per heavy atom. The monoisotopic (exact) mass is 568 g/mol. The van der Waals surface area contributed by atoms with Gasteiger partial charge in [0.1, 0.15) is 29.7 Å². The van der Waals surface area contributed by atoms with E-state index in [1.807, 2.05) is 11.4 Å². The van der Waals surface area contributed by atoms with Crippen LogP contribution in [0.2, 0.25) is 10.0 Å². The van der Waals surface area contributed by atoms with Crippen LogP contribution in [0.15, 0.2) is 48.0 Å². The first-order valence-corrected chi connectivity index (χ1v) is 13.2. The van der Waals surface area contributed by atoms with Crippen LogP contribution in [0, 0.1) is 11.8 Å².